The Morgan fingerprint density at radius 3 is 1.97 bits per heavy atom. The number of esters is 1. The molecule has 0 amide bonds. The van der Waals surface area contributed by atoms with Crippen LogP contribution in [0.15, 0.2) is 12.2 Å². The average Bonchev–Trinajstić information content (AvgIpc) is 2.69. The fraction of sp³-hybridized carbons (Fsp3) is 0.826. The highest BCUT2D eigenvalue weighted by atomic mass is 16.6. The van der Waals surface area contributed by atoms with Crippen LogP contribution < -0.4 is 0 Å². The van der Waals surface area contributed by atoms with Crippen molar-refractivity contribution in [2.24, 2.45) is 0 Å². The van der Waals surface area contributed by atoms with Crippen LogP contribution in [0.5, 0.6) is 0 Å². The lowest BCUT2D eigenvalue weighted by Crippen LogP contribution is -2.25. The molecule has 0 heterocycles. The van der Waals surface area contributed by atoms with Gasteiger partial charge in [0.25, 0.3) is 0 Å². The number of carboxylic acid groups (broad SMARTS) is 1. The molecule has 0 saturated heterocycles. The summed E-state index contributed by atoms with van der Waals surface area (Å²) < 4.78 is 9.69. The molecule has 1 atom stereocenters. The second-order valence-electron chi connectivity index (χ2n) is 7.58. The van der Waals surface area contributed by atoms with Crippen molar-refractivity contribution in [3.05, 3.63) is 12.2 Å². The fourth-order valence-electron chi connectivity index (χ4n) is 2.93. The van der Waals surface area contributed by atoms with E-state index in [0.717, 1.165) is 25.7 Å². The summed E-state index contributed by atoms with van der Waals surface area (Å²) in [5.74, 6) is -1.43. The van der Waals surface area contributed by atoms with E-state index < -0.39 is 18.7 Å². The number of carboxylic acids is 1. The number of carbonyl (C=O) groups excluding carboxylic acids is 1. The first kappa shape index (κ1) is 27.6. The minimum Gasteiger partial charge on any atom is -0.480 e. The van der Waals surface area contributed by atoms with Crippen molar-refractivity contribution in [2.45, 2.75) is 103 Å². The zero-order valence-electron chi connectivity index (χ0n) is 18.3. The van der Waals surface area contributed by atoms with Gasteiger partial charge in [0.1, 0.15) is 19.3 Å². The Labute approximate surface area is 176 Å². The summed E-state index contributed by atoms with van der Waals surface area (Å²) in [5, 5.41) is 17.9. The molecule has 0 fully saturated rings. The number of aliphatic hydroxyl groups is 1. The van der Waals surface area contributed by atoms with Crippen LogP contribution in [0, 0.1) is 0 Å². The minimum atomic E-state index is -1.10. The molecule has 0 rings (SSSR count). The van der Waals surface area contributed by atoms with Crippen LogP contribution in [0.2, 0.25) is 0 Å². The molecule has 0 radical (unpaired) electrons. The highest BCUT2D eigenvalue weighted by Crippen LogP contribution is 2.10. The van der Waals surface area contributed by atoms with Gasteiger partial charge in [0.2, 0.25) is 0 Å². The third-order valence-corrected chi connectivity index (χ3v) is 4.62. The number of rotatable bonds is 21. The van der Waals surface area contributed by atoms with E-state index in [9.17, 15) is 14.7 Å². The molecule has 0 aliphatic rings. The molecule has 0 spiro atoms. The minimum absolute atomic E-state index is 0.160. The third-order valence-electron chi connectivity index (χ3n) is 4.62. The maximum absolute atomic E-state index is 11.6. The fourth-order valence-corrected chi connectivity index (χ4v) is 2.93. The molecule has 0 bridgehead atoms. The van der Waals surface area contributed by atoms with Gasteiger partial charge < -0.3 is 19.7 Å². The molecule has 0 saturated carbocycles. The van der Waals surface area contributed by atoms with Crippen molar-refractivity contribution in [3.8, 4) is 0 Å². The lowest BCUT2D eigenvalue weighted by atomic mass is 10.1. The molecular formula is C23H42O6. The first-order valence-electron chi connectivity index (χ1n) is 11.3. The van der Waals surface area contributed by atoms with Crippen LogP contribution >= 0.6 is 0 Å². The molecule has 0 aliphatic carbocycles. The van der Waals surface area contributed by atoms with Crippen LogP contribution in [-0.4, -0.2) is 48.1 Å². The first-order valence-corrected chi connectivity index (χ1v) is 11.3. The van der Waals surface area contributed by atoms with E-state index in [1.807, 2.05) is 0 Å². The molecule has 6 nitrogen and oxygen atoms in total. The van der Waals surface area contributed by atoms with Gasteiger partial charge >= 0.3 is 11.9 Å². The Balaban J connectivity index is 3.33. The quantitative estimate of drug-likeness (QED) is 0.155. The number of unbranched alkanes of at least 4 members (excludes halogenated alkanes) is 11. The lowest BCUT2D eigenvalue weighted by molar-refractivity contribution is -0.150. The Hall–Kier alpha value is -1.40. The molecule has 0 unspecified atom stereocenters. The van der Waals surface area contributed by atoms with E-state index in [-0.39, 0.29) is 19.2 Å². The third kappa shape index (κ3) is 22.8. The standard InChI is InChI=1S/C23H42O6/c1-2-3-4-5-6-7-8-9-10-11-12-13-14-15-16-17-23(27)29-19-21(24)18-28-20-22(25)26/h9-10,21,24H,2-8,11-20H2,1H3,(H,25,26)/b10-9-/t21-/m0/s1. The molecule has 0 aromatic rings. The maximum atomic E-state index is 11.6. The zero-order chi connectivity index (χ0) is 21.6. The van der Waals surface area contributed by atoms with Crippen LogP contribution in [-0.2, 0) is 19.1 Å². The molecular weight excluding hydrogens is 372 g/mol. The van der Waals surface area contributed by atoms with Crippen LogP contribution in [0.3, 0.4) is 0 Å². The average molecular weight is 415 g/mol. The van der Waals surface area contributed by atoms with Gasteiger partial charge in [-0.15, -0.1) is 0 Å². The van der Waals surface area contributed by atoms with Gasteiger partial charge in [0, 0.05) is 6.42 Å². The van der Waals surface area contributed by atoms with Crippen LogP contribution in [0.25, 0.3) is 0 Å². The maximum Gasteiger partial charge on any atom is 0.329 e. The van der Waals surface area contributed by atoms with Crippen molar-refractivity contribution in [3.63, 3.8) is 0 Å². The van der Waals surface area contributed by atoms with Crippen LogP contribution in [0.1, 0.15) is 96.8 Å². The molecule has 0 aliphatic heterocycles. The Morgan fingerprint density at radius 2 is 1.38 bits per heavy atom. The van der Waals surface area contributed by atoms with Gasteiger partial charge in [-0.2, -0.15) is 0 Å². The SMILES string of the molecule is CCCCCCCC/C=C\CCCCCCCC(=O)OC[C@@H](O)COCC(=O)O. The molecule has 0 aromatic heterocycles. The smallest absolute Gasteiger partial charge is 0.329 e. The molecule has 170 valence electrons. The Morgan fingerprint density at radius 1 is 0.828 bits per heavy atom. The molecule has 2 N–H and O–H groups in total. The zero-order valence-corrected chi connectivity index (χ0v) is 18.3. The largest absolute Gasteiger partial charge is 0.480 e. The van der Waals surface area contributed by atoms with E-state index in [1.165, 1.54) is 57.8 Å². The van der Waals surface area contributed by atoms with Gasteiger partial charge in [-0.25, -0.2) is 4.79 Å². The second kappa shape index (κ2) is 21.3. The number of ether oxygens (including phenoxy) is 2. The summed E-state index contributed by atoms with van der Waals surface area (Å²) in [4.78, 5) is 21.9. The molecule has 0 aromatic carbocycles. The molecule has 6 heteroatoms. The number of hydrogen-bond donors (Lipinski definition) is 2. The number of allylic oxidation sites excluding steroid dienone is 2. The summed E-state index contributed by atoms with van der Waals surface area (Å²) >= 11 is 0. The van der Waals surface area contributed by atoms with Gasteiger partial charge in [-0.05, 0) is 32.1 Å². The predicted molar refractivity (Wildman–Crippen MR) is 115 cm³/mol. The van der Waals surface area contributed by atoms with Crippen LogP contribution in [0.4, 0.5) is 0 Å². The number of carbonyl (C=O) groups is 2. The second-order valence-corrected chi connectivity index (χ2v) is 7.58. The number of hydrogen-bond acceptors (Lipinski definition) is 5. The van der Waals surface area contributed by atoms with Crippen molar-refractivity contribution < 1.29 is 29.3 Å². The van der Waals surface area contributed by atoms with Crippen molar-refractivity contribution >= 4 is 11.9 Å². The summed E-state index contributed by atoms with van der Waals surface area (Å²) in [6, 6.07) is 0. The van der Waals surface area contributed by atoms with Gasteiger partial charge in [0.05, 0.1) is 6.61 Å². The Bertz CT molecular complexity index is 422. The van der Waals surface area contributed by atoms with E-state index in [4.69, 9.17) is 14.6 Å². The first-order chi connectivity index (χ1) is 14.1. The summed E-state index contributed by atoms with van der Waals surface area (Å²) in [6.07, 6.45) is 19.7. The number of aliphatic hydroxyl groups excluding tert-OH is 1. The molecule has 29 heavy (non-hydrogen) atoms. The van der Waals surface area contributed by atoms with Crippen molar-refractivity contribution in [1.29, 1.82) is 0 Å². The van der Waals surface area contributed by atoms with Gasteiger partial charge in [0.15, 0.2) is 0 Å². The van der Waals surface area contributed by atoms with E-state index in [2.05, 4.69) is 19.1 Å². The highest BCUT2D eigenvalue weighted by molar-refractivity contribution is 5.69. The van der Waals surface area contributed by atoms with E-state index >= 15 is 0 Å². The van der Waals surface area contributed by atoms with Crippen molar-refractivity contribution in [2.75, 3.05) is 19.8 Å². The lowest BCUT2D eigenvalue weighted by Gasteiger charge is -2.11. The topological polar surface area (TPSA) is 93.1 Å². The summed E-state index contributed by atoms with van der Waals surface area (Å²) in [7, 11) is 0. The van der Waals surface area contributed by atoms with E-state index in [0.29, 0.717) is 6.42 Å². The Kier molecular flexibility index (Phi) is 20.3. The number of aliphatic carboxylic acids is 1. The highest BCUT2D eigenvalue weighted by Gasteiger charge is 2.10. The summed E-state index contributed by atoms with van der Waals surface area (Å²) in [6.45, 7) is 1.45. The van der Waals surface area contributed by atoms with Crippen molar-refractivity contribution in [1.82, 2.24) is 0 Å². The van der Waals surface area contributed by atoms with Gasteiger partial charge in [-0.3, -0.25) is 4.79 Å². The summed E-state index contributed by atoms with van der Waals surface area (Å²) in [5.41, 5.74) is 0. The predicted octanol–water partition coefficient (Wildman–Crippen LogP) is 5.03. The van der Waals surface area contributed by atoms with E-state index in [1.54, 1.807) is 0 Å². The van der Waals surface area contributed by atoms with Gasteiger partial charge in [-0.1, -0.05) is 70.4 Å². The monoisotopic (exact) mass is 414 g/mol. The normalized spacial score (nSPS) is 12.3.